The fraction of sp³-hybridized carbons (Fsp3) is 0.286. The number of anilines is 1. The molecule has 0 spiro atoms. The van der Waals surface area contributed by atoms with Crippen LogP contribution in [-0.2, 0) is 0 Å². The first-order chi connectivity index (χ1) is 15.8. The third-order valence-electron chi connectivity index (χ3n) is 4.76. The summed E-state index contributed by atoms with van der Waals surface area (Å²) in [5.41, 5.74) is -1.20. The number of H-pyrrole nitrogens is 1. The number of pyridine rings is 1. The van der Waals surface area contributed by atoms with E-state index < -0.39 is 52.9 Å². The Morgan fingerprint density at radius 1 is 1.21 bits per heavy atom. The van der Waals surface area contributed by atoms with Gasteiger partial charge in [0.25, 0.3) is 5.91 Å². The summed E-state index contributed by atoms with van der Waals surface area (Å²) in [6.45, 7) is 3.45. The summed E-state index contributed by atoms with van der Waals surface area (Å²) >= 11 is 5.90. The maximum Gasteiger partial charge on any atom is 0.425 e. The predicted molar refractivity (Wildman–Crippen MR) is 113 cm³/mol. The monoisotopic (exact) mass is 504 g/mol. The second-order valence-corrected chi connectivity index (χ2v) is 7.70. The van der Waals surface area contributed by atoms with Crippen LogP contribution in [0.3, 0.4) is 0 Å². The number of nitrogens with zero attached hydrogens (tertiary/aromatic N) is 2. The number of rotatable bonds is 6. The lowest BCUT2D eigenvalue weighted by Gasteiger charge is -2.20. The number of carbonyl (C=O) groups is 1. The van der Waals surface area contributed by atoms with E-state index in [1.54, 1.807) is 0 Å². The number of hydrogen-bond acceptors (Lipinski definition) is 5. The Hall–Kier alpha value is -3.25. The van der Waals surface area contributed by atoms with E-state index in [1.165, 1.54) is 13.8 Å². The number of ether oxygens (including phenoxy) is 1. The minimum absolute atomic E-state index is 0.0461. The Balaban J connectivity index is 2.12. The zero-order valence-corrected chi connectivity index (χ0v) is 18.6. The van der Waals surface area contributed by atoms with Crippen molar-refractivity contribution in [2.75, 3.05) is 5.32 Å². The summed E-state index contributed by atoms with van der Waals surface area (Å²) in [6.07, 6.45) is -8.48. The number of alkyl halides is 3. The third kappa shape index (κ3) is 5.28. The molecule has 0 unspecified atom stereocenters. The minimum Gasteiger partial charge on any atom is -0.480 e. The van der Waals surface area contributed by atoms with Crippen LogP contribution in [0.1, 0.15) is 41.7 Å². The smallest absolute Gasteiger partial charge is 0.425 e. The minimum atomic E-state index is -4.79. The van der Waals surface area contributed by atoms with Crippen LogP contribution in [-0.4, -0.2) is 38.5 Å². The van der Waals surface area contributed by atoms with Crippen molar-refractivity contribution < 1.29 is 36.6 Å². The summed E-state index contributed by atoms with van der Waals surface area (Å²) < 4.78 is 73.4. The molecule has 182 valence electrons. The molecule has 3 aromatic rings. The predicted octanol–water partition coefficient (Wildman–Crippen LogP) is 5.35. The van der Waals surface area contributed by atoms with Gasteiger partial charge >= 0.3 is 6.18 Å². The molecule has 1 aromatic carbocycles. The molecule has 1 amide bonds. The van der Waals surface area contributed by atoms with E-state index in [2.05, 4.69) is 20.5 Å². The van der Waals surface area contributed by atoms with Gasteiger partial charge in [0.15, 0.2) is 6.10 Å². The summed E-state index contributed by atoms with van der Waals surface area (Å²) in [5, 5.41) is 18.2. The molecule has 0 aliphatic rings. The van der Waals surface area contributed by atoms with Crippen LogP contribution in [0, 0.1) is 18.6 Å². The Labute approximate surface area is 194 Å². The highest BCUT2D eigenvalue weighted by Gasteiger charge is 2.39. The first-order valence-electron chi connectivity index (χ1n) is 9.73. The summed E-state index contributed by atoms with van der Waals surface area (Å²) in [4.78, 5) is 16.7. The van der Waals surface area contributed by atoms with Crippen molar-refractivity contribution in [3.8, 4) is 17.0 Å². The van der Waals surface area contributed by atoms with Crippen molar-refractivity contribution >= 4 is 23.2 Å². The number of halogens is 6. The molecular weight excluding hydrogens is 487 g/mol. The highest BCUT2D eigenvalue weighted by molar-refractivity contribution is 6.33. The molecule has 0 radical (unpaired) electrons. The van der Waals surface area contributed by atoms with Gasteiger partial charge in [0.2, 0.25) is 0 Å². The molecule has 2 heterocycles. The maximum absolute atomic E-state index is 15.0. The van der Waals surface area contributed by atoms with Gasteiger partial charge in [-0.05, 0) is 45.0 Å². The van der Waals surface area contributed by atoms with Gasteiger partial charge in [-0.15, -0.1) is 0 Å². The molecule has 0 bridgehead atoms. The zero-order chi connectivity index (χ0) is 25.4. The fourth-order valence-corrected chi connectivity index (χ4v) is 3.14. The number of aromatic nitrogens is 3. The molecule has 34 heavy (non-hydrogen) atoms. The summed E-state index contributed by atoms with van der Waals surface area (Å²) in [6, 6.07) is 3.51. The average Bonchev–Trinajstić information content (AvgIpc) is 3.06. The Morgan fingerprint density at radius 2 is 1.88 bits per heavy atom. The van der Waals surface area contributed by atoms with E-state index in [1.807, 2.05) is 0 Å². The summed E-state index contributed by atoms with van der Waals surface area (Å²) in [7, 11) is 0. The van der Waals surface area contributed by atoms with Gasteiger partial charge in [-0.2, -0.15) is 18.3 Å². The number of aliphatic hydroxyl groups is 1. The van der Waals surface area contributed by atoms with Crippen LogP contribution < -0.4 is 10.1 Å². The SMILES string of the molecule is Cc1n[nH]c(Cl)c1NC(=O)c1cc(F)c(-c2ccc(F)c([C@H](C)O)n2)cc1O[C@@H](C)C(F)(F)F. The molecule has 2 atom stereocenters. The van der Waals surface area contributed by atoms with Gasteiger partial charge < -0.3 is 15.2 Å². The third-order valence-corrected chi connectivity index (χ3v) is 5.04. The highest BCUT2D eigenvalue weighted by atomic mass is 35.5. The molecule has 0 aliphatic carbocycles. The van der Waals surface area contributed by atoms with Crippen molar-refractivity contribution in [3.05, 3.63) is 58.0 Å². The lowest BCUT2D eigenvalue weighted by Crippen LogP contribution is -2.32. The highest BCUT2D eigenvalue weighted by Crippen LogP contribution is 2.34. The lowest BCUT2D eigenvalue weighted by molar-refractivity contribution is -0.189. The number of amides is 1. The Kier molecular flexibility index (Phi) is 7.13. The van der Waals surface area contributed by atoms with Crippen molar-refractivity contribution in [1.29, 1.82) is 0 Å². The number of aromatic amines is 1. The van der Waals surface area contributed by atoms with Gasteiger partial charge in [0.1, 0.15) is 33.9 Å². The van der Waals surface area contributed by atoms with E-state index in [0.29, 0.717) is 13.0 Å². The normalized spacial score (nSPS) is 13.5. The van der Waals surface area contributed by atoms with E-state index in [4.69, 9.17) is 16.3 Å². The largest absolute Gasteiger partial charge is 0.480 e. The van der Waals surface area contributed by atoms with Gasteiger partial charge in [0, 0.05) is 5.56 Å². The number of carbonyl (C=O) groups excluding carboxylic acids is 1. The van der Waals surface area contributed by atoms with Crippen LogP contribution in [0.4, 0.5) is 27.6 Å². The van der Waals surface area contributed by atoms with Gasteiger partial charge in [0.05, 0.1) is 23.1 Å². The molecular formula is C21H18ClF5N4O3. The van der Waals surface area contributed by atoms with Gasteiger partial charge in [-0.1, -0.05) is 11.6 Å². The first-order valence-corrected chi connectivity index (χ1v) is 10.1. The van der Waals surface area contributed by atoms with E-state index in [-0.39, 0.29) is 27.8 Å². The number of hydrogen-bond donors (Lipinski definition) is 3. The standard InChI is InChI=1S/C21H18ClF5N4O3/c1-8-17(19(22)31-30-8)29-20(33)12-6-14(24)11(7-16(12)34-10(3)21(25,26)27)15-5-4-13(23)18(28-15)9(2)32/h4-7,9-10,32H,1-3H3,(H,29,33)(H,30,31)/t9-,10-/m0/s1. The molecule has 7 nitrogen and oxygen atoms in total. The first kappa shape index (κ1) is 25.4. The molecule has 3 rings (SSSR count). The summed E-state index contributed by atoms with van der Waals surface area (Å²) in [5.74, 6) is -3.54. The molecule has 0 saturated heterocycles. The van der Waals surface area contributed by atoms with E-state index >= 15 is 4.39 Å². The number of aryl methyl sites for hydroxylation is 1. The van der Waals surface area contributed by atoms with Crippen molar-refractivity contribution in [1.82, 2.24) is 15.2 Å². The van der Waals surface area contributed by atoms with Crippen molar-refractivity contribution in [3.63, 3.8) is 0 Å². The van der Waals surface area contributed by atoms with Crippen LogP contribution in [0.5, 0.6) is 5.75 Å². The van der Waals surface area contributed by atoms with Crippen LogP contribution >= 0.6 is 11.6 Å². The van der Waals surface area contributed by atoms with E-state index in [0.717, 1.165) is 18.2 Å². The quantitative estimate of drug-likeness (QED) is 0.393. The molecule has 0 saturated carbocycles. The molecule has 2 aromatic heterocycles. The van der Waals surface area contributed by atoms with E-state index in [9.17, 15) is 27.5 Å². The number of nitrogens with one attached hydrogen (secondary N) is 2. The Bertz CT molecular complexity index is 1210. The number of aliphatic hydroxyl groups excluding tert-OH is 1. The maximum atomic E-state index is 15.0. The molecule has 3 N–H and O–H groups in total. The lowest BCUT2D eigenvalue weighted by atomic mass is 10.0. The molecule has 13 heteroatoms. The van der Waals surface area contributed by atoms with Crippen molar-refractivity contribution in [2.45, 2.75) is 39.2 Å². The second-order valence-electron chi connectivity index (χ2n) is 7.32. The Morgan fingerprint density at radius 3 is 2.44 bits per heavy atom. The topological polar surface area (TPSA) is 100 Å². The van der Waals surface area contributed by atoms with Crippen molar-refractivity contribution in [2.24, 2.45) is 0 Å². The van der Waals surface area contributed by atoms with Gasteiger partial charge in [-0.25, -0.2) is 13.8 Å². The fourth-order valence-electron chi connectivity index (χ4n) is 2.91. The molecule has 0 fully saturated rings. The van der Waals surface area contributed by atoms with Crippen LogP contribution in [0.25, 0.3) is 11.3 Å². The second kappa shape index (κ2) is 9.55. The van der Waals surface area contributed by atoms with Crippen LogP contribution in [0.2, 0.25) is 5.15 Å². The van der Waals surface area contributed by atoms with Gasteiger partial charge in [-0.3, -0.25) is 9.89 Å². The van der Waals surface area contributed by atoms with Crippen LogP contribution in [0.15, 0.2) is 24.3 Å². The average molecular weight is 505 g/mol. The number of benzene rings is 1. The zero-order valence-electron chi connectivity index (χ0n) is 17.9. The molecule has 0 aliphatic heterocycles.